The van der Waals surface area contributed by atoms with Crippen LogP contribution in [-0.2, 0) is 14.8 Å². The lowest BCUT2D eigenvalue weighted by molar-refractivity contribution is -0.148. The molecule has 0 saturated heterocycles. The number of benzene rings is 1. The smallest absolute Gasteiger partial charge is 0.308 e. The molecular weight excluding hydrogens is 599 g/mol. The van der Waals surface area contributed by atoms with Crippen LogP contribution in [0.15, 0.2) is 70.7 Å². The molecule has 4 aromatic heterocycles. The van der Waals surface area contributed by atoms with Crippen LogP contribution in [0.4, 0.5) is 10.2 Å². The Hall–Kier alpha value is -5.09. The molecule has 2 bridgehead atoms. The van der Waals surface area contributed by atoms with Crippen molar-refractivity contribution < 1.29 is 27.1 Å². The van der Waals surface area contributed by atoms with Gasteiger partial charge in [-0.05, 0) is 68.7 Å². The lowest BCUT2D eigenvalue weighted by Gasteiger charge is -2.47. The molecule has 0 spiro atoms. The summed E-state index contributed by atoms with van der Waals surface area (Å²) in [6.45, 7) is 1.84. The maximum absolute atomic E-state index is 16.5. The summed E-state index contributed by atoms with van der Waals surface area (Å²) in [6, 6.07) is 10.8. The van der Waals surface area contributed by atoms with Gasteiger partial charge in [-0.25, -0.2) is 31.7 Å². The second kappa shape index (κ2) is 10.8. The Morgan fingerprint density at radius 1 is 1.16 bits per heavy atom. The number of carboxylic acids is 1. The average molecular weight is 627 g/mol. The molecule has 5 aromatic rings. The van der Waals surface area contributed by atoms with Crippen LogP contribution in [0.2, 0.25) is 0 Å². The molecule has 3 fully saturated rings. The molecule has 8 rings (SSSR count). The molecule has 2 atom stereocenters. The summed E-state index contributed by atoms with van der Waals surface area (Å²) in [5, 5.41) is 23.9. The fourth-order valence-electron chi connectivity index (χ4n) is 6.92. The van der Waals surface area contributed by atoms with E-state index >= 15 is 4.39 Å². The number of aliphatic carboxylic acids is 1. The van der Waals surface area contributed by atoms with E-state index in [1.165, 1.54) is 43.2 Å². The number of hydrogen-bond donors (Lipinski definition) is 2. The third-order valence-electron chi connectivity index (χ3n) is 9.09. The number of nitrogens with zero attached hydrogens (tertiary/aromatic N) is 5. The monoisotopic (exact) mass is 626 g/mol. The molecule has 4 heterocycles. The van der Waals surface area contributed by atoms with Crippen LogP contribution in [0.1, 0.15) is 36.8 Å². The quantitative estimate of drug-likeness (QED) is 0.232. The first-order valence-corrected chi connectivity index (χ1v) is 15.9. The number of pyridine rings is 1. The van der Waals surface area contributed by atoms with Gasteiger partial charge in [-0.3, -0.25) is 4.79 Å². The van der Waals surface area contributed by atoms with Crippen LogP contribution < -0.4 is 5.32 Å². The Balaban J connectivity index is 1.46. The fraction of sp³-hybridized carbons (Fsp3) is 0.281. The summed E-state index contributed by atoms with van der Waals surface area (Å²) in [6.07, 6.45) is 8.47. The Morgan fingerprint density at radius 2 is 1.89 bits per heavy atom. The van der Waals surface area contributed by atoms with Gasteiger partial charge in [0.25, 0.3) is 10.0 Å². The van der Waals surface area contributed by atoms with E-state index in [0.29, 0.717) is 0 Å². The van der Waals surface area contributed by atoms with Gasteiger partial charge < -0.3 is 14.8 Å². The number of furan rings is 1. The number of fused-ring (bicyclic) bond motifs is 4. The zero-order valence-electron chi connectivity index (χ0n) is 24.0. The van der Waals surface area contributed by atoms with Crippen molar-refractivity contribution in [1.29, 1.82) is 5.26 Å². The maximum atomic E-state index is 16.5. The summed E-state index contributed by atoms with van der Waals surface area (Å²) in [4.78, 5) is 25.3. The van der Waals surface area contributed by atoms with E-state index in [1.807, 2.05) is 13.0 Å². The zero-order chi connectivity index (χ0) is 31.5. The SMILES string of the molecule is Cc1ccc(S(=O)(=O)n2cc(-c3nc(NC4C5CCC(CC5)C4C(=O)O)c(F)c(-c4ccco4)c3C#N)c3cncnc32)cc1. The van der Waals surface area contributed by atoms with Crippen LogP contribution >= 0.6 is 0 Å². The summed E-state index contributed by atoms with van der Waals surface area (Å²) in [5.74, 6) is -2.80. The van der Waals surface area contributed by atoms with Crippen LogP contribution in [0, 0.1) is 41.8 Å². The van der Waals surface area contributed by atoms with E-state index in [4.69, 9.17) is 4.42 Å². The second-order valence-electron chi connectivity index (χ2n) is 11.6. The number of aromatic nitrogens is 4. The van der Waals surface area contributed by atoms with Crippen LogP contribution in [0.25, 0.3) is 33.6 Å². The first-order valence-electron chi connectivity index (χ1n) is 14.5. The minimum Gasteiger partial charge on any atom is -0.481 e. The van der Waals surface area contributed by atoms with Gasteiger partial charge in [0.1, 0.15) is 18.2 Å². The lowest BCUT2D eigenvalue weighted by atomic mass is 9.61. The summed E-state index contributed by atoms with van der Waals surface area (Å²) < 4.78 is 50.7. The molecule has 0 radical (unpaired) electrons. The lowest BCUT2D eigenvalue weighted by Crippen LogP contribution is -2.51. The van der Waals surface area contributed by atoms with Crippen molar-refractivity contribution in [2.24, 2.45) is 17.8 Å². The maximum Gasteiger partial charge on any atom is 0.308 e. The normalized spacial score (nSPS) is 21.1. The molecule has 45 heavy (non-hydrogen) atoms. The van der Waals surface area contributed by atoms with E-state index in [9.17, 15) is 23.6 Å². The summed E-state index contributed by atoms with van der Waals surface area (Å²) >= 11 is 0. The molecular formula is C32H27FN6O5S. The van der Waals surface area contributed by atoms with Crippen LogP contribution in [-0.4, -0.2) is 44.5 Å². The molecule has 13 heteroatoms. The highest BCUT2D eigenvalue weighted by molar-refractivity contribution is 7.90. The predicted molar refractivity (Wildman–Crippen MR) is 161 cm³/mol. The predicted octanol–water partition coefficient (Wildman–Crippen LogP) is 5.61. The number of hydrogen-bond acceptors (Lipinski definition) is 9. The molecule has 11 nitrogen and oxygen atoms in total. The minimum atomic E-state index is -4.16. The van der Waals surface area contributed by atoms with E-state index in [2.05, 4.69) is 20.3 Å². The van der Waals surface area contributed by atoms with Gasteiger partial charge in [0.2, 0.25) is 0 Å². The van der Waals surface area contributed by atoms with Crippen molar-refractivity contribution in [3.05, 3.63) is 78.3 Å². The molecule has 3 aliphatic rings. The van der Waals surface area contributed by atoms with Gasteiger partial charge in [0.15, 0.2) is 17.3 Å². The molecule has 3 saturated carbocycles. The summed E-state index contributed by atoms with van der Waals surface area (Å²) in [7, 11) is -4.16. The average Bonchev–Trinajstić information content (AvgIpc) is 3.71. The van der Waals surface area contributed by atoms with Gasteiger partial charge in [-0.15, -0.1) is 0 Å². The molecule has 0 amide bonds. The number of rotatable bonds is 7. The van der Waals surface area contributed by atoms with Gasteiger partial charge in [-0.2, -0.15) is 5.26 Å². The topological polar surface area (TPSA) is 164 Å². The highest BCUT2D eigenvalue weighted by Gasteiger charge is 2.48. The number of halogens is 1. The van der Waals surface area contributed by atoms with Crippen molar-refractivity contribution in [2.75, 3.05) is 5.32 Å². The zero-order valence-corrected chi connectivity index (χ0v) is 24.8. The Kier molecular flexibility index (Phi) is 6.89. The third kappa shape index (κ3) is 4.64. The van der Waals surface area contributed by atoms with Crippen molar-refractivity contribution in [2.45, 2.75) is 43.5 Å². The molecule has 0 aliphatic heterocycles. The fourth-order valence-corrected chi connectivity index (χ4v) is 8.24. The second-order valence-corrected chi connectivity index (χ2v) is 13.4. The molecule has 2 N–H and O–H groups in total. The Bertz CT molecular complexity index is 2100. The van der Waals surface area contributed by atoms with E-state index < -0.39 is 33.8 Å². The molecule has 3 aliphatic carbocycles. The molecule has 1 aromatic carbocycles. The van der Waals surface area contributed by atoms with E-state index in [1.54, 1.807) is 18.2 Å². The van der Waals surface area contributed by atoms with Crippen LogP contribution in [0.5, 0.6) is 0 Å². The van der Waals surface area contributed by atoms with Crippen molar-refractivity contribution >= 4 is 32.8 Å². The highest BCUT2D eigenvalue weighted by Crippen LogP contribution is 2.47. The Labute approximate surface area is 257 Å². The van der Waals surface area contributed by atoms with Gasteiger partial charge >= 0.3 is 5.97 Å². The summed E-state index contributed by atoms with van der Waals surface area (Å²) in [5.41, 5.74) is 0.697. The number of anilines is 1. The number of nitriles is 1. The van der Waals surface area contributed by atoms with Crippen molar-refractivity contribution in [3.8, 4) is 28.7 Å². The number of nitrogens with one attached hydrogen (secondary N) is 1. The van der Waals surface area contributed by atoms with Crippen LogP contribution in [0.3, 0.4) is 0 Å². The molecule has 2 unspecified atom stereocenters. The van der Waals surface area contributed by atoms with E-state index in [-0.39, 0.29) is 61.7 Å². The third-order valence-corrected chi connectivity index (χ3v) is 10.8. The largest absolute Gasteiger partial charge is 0.481 e. The number of carboxylic acid groups (broad SMARTS) is 1. The van der Waals surface area contributed by atoms with Gasteiger partial charge in [0, 0.05) is 29.4 Å². The highest BCUT2D eigenvalue weighted by atomic mass is 32.2. The Morgan fingerprint density at radius 3 is 2.56 bits per heavy atom. The van der Waals surface area contributed by atoms with Crippen molar-refractivity contribution in [1.82, 2.24) is 18.9 Å². The van der Waals surface area contributed by atoms with Gasteiger partial charge in [0.05, 0.1) is 33.9 Å². The van der Waals surface area contributed by atoms with Crippen molar-refractivity contribution in [3.63, 3.8) is 0 Å². The number of aryl methyl sites for hydroxylation is 1. The molecule has 228 valence electrons. The number of carbonyl (C=O) groups is 1. The first kappa shape index (κ1) is 28.7. The minimum absolute atomic E-state index is 0.00146. The van der Waals surface area contributed by atoms with Gasteiger partial charge in [-0.1, -0.05) is 17.7 Å². The standard InChI is InChI=1S/C32H27FN6O5S/c1-17-4-10-20(11-5-17)45(42,43)39-15-23(22-14-35-16-36-31(22)39)29-21(13-34)26(24-3-2-12-44-24)27(33)30(38-29)37-28-19-8-6-18(7-9-19)25(28)32(40)41/h2-5,10-12,14-16,18-19,25,28H,6-9H2,1H3,(H,37,38)(H,40,41). The van der Waals surface area contributed by atoms with E-state index in [0.717, 1.165) is 35.2 Å². The first-order chi connectivity index (χ1) is 21.7.